The van der Waals surface area contributed by atoms with Crippen molar-refractivity contribution in [3.05, 3.63) is 48.2 Å². The predicted octanol–water partition coefficient (Wildman–Crippen LogP) is 3.73. The van der Waals surface area contributed by atoms with Gasteiger partial charge in [-0.1, -0.05) is 18.1 Å². The van der Waals surface area contributed by atoms with E-state index in [9.17, 15) is 31.5 Å². The molecule has 2 atom stereocenters. The molecular weight excluding hydrogens is 565 g/mol. The number of sulfonamides is 1. The van der Waals surface area contributed by atoms with Gasteiger partial charge in [-0.25, -0.2) is 18.2 Å². The van der Waals surface area contributed by atoms with Gasteiger partial charge in [0.15, 0.2) is 0 Å². The molecular formula is C27H33F3N4O6S. The number of methoxy groups -OCH3 is 1. The van der Waals surface area contributed by atoms with Gasteiger partial charge in [0.25, 0.3) is 0 Å². The van der Waals surface area contributed by atoms with Crippen molar-refractivity contribution in [3.63, 3.8) is 0 Å². The Morgan fingerprint density at radius 1 is 1.15 bits per heavy atom. The number of piperazine rings is 1. The van der Waals surface area contributed by atoms with Crippen molar-refractivity contribution in [2.75, 3.05) is 43.6 Å². The smallest absolute Gasteiger partial charge is 0.423 e. The molecule has 0 aliphatic carbocycles. The Morgan fingerprint density at radius 3 is 2.32 bits per heavy atom. The Balaban J connectivity index is 1.77. The number of benzene rings is 1. The molecule has 1 aromatic carbocycles. The van der Waals surface area contributed by atoms with Crippen LogP contribution in [0.25, 0.3) is 0 Å². The highest BCUT2D eigenvalue weighted by molar-refractivity contribution is 7.89. The van der Waals surface area contributed by atoms with E-state index in [0.29, 0.717) is 5.69 Å². The van der Waals surface area contributed by atoms with Crippen LogP contribution in [-0.4, -0.2) is 80.1 Å². The van der Waals surface area contributed by atoms with Crippen molar-refractivity contribution in [2.24, 2.45) is 0 Å². The molecule has 224 valence electrons. The summed E-state index contributed by atoms with van der Waals surface area (Å²) in [5.74, 6) is 5.86. The first-order valence-electron chi connectivity index (χ1n) is 12.6. The summed E-state index contributed by atoms with van der Waals surface area (Å²) in [5.41, 5.74) is -3.76. The molecule has 2 unspecified atom stereocenters. The molecule has 2 heterocycles. The van der Waals surface area contributed by atoms with E-state index in [-0.39, 0.29) is 35.9 Å². The van der Waals surface area contributed by atoms with Crippen LogP contribution in [0.5, 0.6) is 0 Å². The van der Waals surface area contributed by atoms with Crippen LogP contribution in [0.1, 0.15) is 33.3 Å². The van der Waals surface area contributed by atoms with Crippen molar-refractivity contribution in [2.45, 2.75) is 56.0 Å². The number of aliphatic hydroxyl groups is 1. The second-order valence-electron chi connectivity index (χ2n) is 10.3. The molecule has 1 aliphatic rings. The number of nitrogens with zero attached hydrogens (tertiary/aromatic N) is 3. The quantitative estimate of drug-likeness (QED) is 0.463. The third kappa shape index (κ3) is 7.48. The van der Waals surface area contributed by atoms with E-state index in [2.05, 4.69) is 26.9 Å². The molecule has 1 fully saturated rings. The maximum Gasteiger partial charge on any atom is 0.423 e. The van der Waals surface area contributed by atoms with Gasteiger partial charge in [0.05, 0.1) is 6.61 Å². The second-order valence-corrected chi connectivity index (χ2v) is 12.2. The zero-order valence-electron chi connectivity index (χ0n) is 23.3. The number of aromatic nitrogens is 1. The van der Waals surface area contributed by atoms with Crippen LogP contribution in [0.2, 0.25) is 0 Å². The molecule has 14 heteroatoms. The first kappa shape index (κ1) is 32.1. The van der Waals surface area contributed by atoms with Crippen molar-refractivity contribution in [3.8, 4) is 11.8 Å². The normalized spacial score (nSPS) is 18.2. The molecule has 2 aromatic rings. The minimum Gasteiger partial charge on any atom is -0.444 e. The monoisotopic (exact) mass is 598 g/mol. The molecule has 10 nitrogen and oxygen atoms in total. The van der Waals surface area contributed by atoms with Gasteiger partial charge in [-0.3, -0.25) is 5.32 Å². The summed E-state index contributed by atoms with van der Waals surface area (Å²) in [7, 11) is -2.91. The number of carbonyl (C=O) groups excluding carboxylic acids is 1. The average Bonchev–Trinajstić information content (AvgIpc) is 2.87. The molecule has 0 bridgehead atoms. The van der Waals surface area contributed by atoms with Crippen molar-refractivity contribution >= 4 is 27.6 Å². The number of hydrogen-bond acceptors (Lipinski definition) is 8. The van der Waals surface area contributed by atoms with E-state index in [1.807, 2.05) is 0 Å². The van der Waals surface area contributed by atoms with Crippen LogP contribution >= 0.6 is 0 Å². The topological polar surface area (TPSA) is 121 Å². The standard InChI is InChI=1S/C27H33F3N4O6S/c1-6-7-21-17-33(41(37,38)22-12-13-23(31-16-22)32-24(35)40-25(2,3)4)14-15-34(21)20-10-8-19(9-11-20)26(36,18-39-5)27(28,29)30/h8-13,16,21,36H,14-15,17-18H2,1-5H3,(H,31,32,35). The fraction of sp³-hybridized carbons (Fsp3) is 0.481. The van der Waals surface area contributed by atoms with E-state index in [1.54, 1.807) is 32.6 Å². The number of pyridine rings is 1. The first-order chi connectivity index (χ1) is 19.0. The lowest BCUT2D eigenvalue weighted by Crippen LogP contribution is -2.54. The number of anilines is 2. The highest BCUT2D eigenvalue weighted by atomic mass is 32.2. The van der Waals surface area contributed by atoms with E-state index in [0.717, 1.165) is 13.3 Å². The van der Waals surface area contributed by atoms with Gasteiger partial charge in [-0.2, -0.15) is 17.5 Å². The van der Waals surface area contributed by atoms with Gasteiger partial charge < -0.3 is 19.5 Å². The van der Waals surface area contributed by atoms with Crippen LogP contribution in [0.15, 0.2) is 47.5 Å². The van der Waals surface area contributed by atoms with Crippen LogP contribution < -0.4 is 10.2 Å². The van der Waals surface area contributed by atoms with Crippen molar-refractivity contribution in [1.29, 1.82) is 0 Å². The zero-order valence-corrected chi connectivity index (χ0v) is 24.1. The lowest BCUT2D eigenvalue weighted by molar-refractivity contribution is -0.280. The number of halogens is 3. The maximum atomic E-state index is 13.6. The molecule has 2 N–H and O–H groups in total. The molecule has 0 radical (unpaired) electrons. The van der Waals surface area contributed by atoms with Crippen LogP contribution in [0.3, 0.4) is 0 Å². The van der Waals surface area contributed by atoms with Crippen LogP contribution in [0, 0.1) is 11.8 Å². The molecule has 41 heavy (non-hydrogen) atoms. The fourth-order valence-electron chi connectivity index (χ4n) is 4.21. The van der Waals surface area contributed by atoms with E-state index in [1.165, 1.54) is 40.7 Å². The summed E-state index contributed by atoms with van der Waals surface area (Å²) in [6, 6.07) is 7.26. The summed E-state index contributed by atoms with van der Waals surface area (Å²) in [6.07, 6.45) is -4.55. The summed E-state index contributed by atoms with van der Waals surface area (Å²) in [5, 5.41) is 12.7. The van der Waals surface area contributed by atoms with Gasteiger partial charge in [0.1, 0.15) is 22.4 Å². The number of alkyl halides is 3. The molecule has 3 rings (SSSR count). The molecule has 0 saturated carbocycles. The molecule has 1 aromatic heterocycles. The number of ether oxygens (including phenoxy) is 2. The summed E-state index contributed by atoms with van der Waals surface area (Å²) >= 11 is 0. The number of amides is 1. The Labute approximate surface area is 237 Å². The Morgan fingerprint density at radius 2 is 1.80 bits per heavy atom. The third-order valence-corrected chi connectivity index (χ3v) is 8.00. The minimum absolute atomic E-state index is 0.0149. The summed E-state index contributed by atoms with van der Waals surface area (Å²) in [4.78, 5) is 17.7. The second kappa shape index (κ2) is 12.2. The molecule has 0 spiro atoms. The molecule has 1 aliphatic heterocycles. The van der Waals surface area contributed by atoms with E-state index < -0.39 is 46.1 Å². The highest BCUT2D eigenvalue weighted by Gasteiger charge is 2.55. The first-order valence-corrected chi connectivity index (χ1v) is 14.0. The molecule has 1 amide bonds. The van der Waals surface area contributed by atoms with Crippen molar-refractivity contribution in [1.82, 2.24) is 9.29 Å². The summed E-state index contributed by atoms with van der Waals surface area (Å²) in [6.45, 7) is 6.00. The highest BCUT2D eigenvalue weighted by Crippen LogP contribution is 2.40. The van der Waals surface area contributed by atoms with Gasteiger partial charge in [0.2, 0.25) is 15.6 Å². The van der Waals surface area contributed by atoms with Gasteiger partial charge in [-0.15, -0.1) is 5.92 Å². The predicted molar refractivity (Wildman–Crippen MR) is 146 cm³/mol. The lowest BCUT2D eigenvalue weighted by Gasteiger charge is -2.40. The number of rotatable bonds is 7. The Hall–Kier alpha value is -3.38. The van der Waals surface area contributed by atoms with Gasteiger partial charge in [-0.05, 0) is 57.5 Å². The fourth-order valence-corrected chi connectivity index (χ4v) is 5.59. The van der Waals surface area contributed by atoms with E-state index >= 15 is 0 Å². The van der Waals surface area contributed by atoms with Gasteiger partial charge in [0, 0.05) is 38.6 Å². The SMILES string of the molecule is CC#CC1CN(S(=O)(=O)c2ccc(NC(=O)OC(C)(C)C)nc2)CCN1c1ccc(C(O)(COC)C(F)(F)F)cc1. The van der Waals surface area contributed by atoms with Crippen LogP contribution in [0.4, 0.5) is 29.5 Å². The lowest BCUT2D eigenvalue weighted by atomic mass is 9.93. The van der Waals surface area contributed by atoms with Crippen LogP contribution in [-0.2, 0) is 25.1 Å². The van der Waals surface area contributed by atoms with Crippen molar-refractivity contribution < 1.29 is 41.0 Å². The summed E-state index contributed by atoms with van der Waals surface area (Å²) < 4.78 is 78.5. The van der Waals surface area contributed by atoms with E-state index in [4.69, 9.17) is 4.74 Å². The zero-order chi connectivity index (χ0) is 30.6. The molecule has 1 saturated heterocycles. The number of carbonyl (C=O) groups is 1. The van der Waals surface area contributed by atoms with Gasteiger partial charge >= 0.3 is 12.3 Å². The third-order valence-electron chi connectivity index (χ3n) is 6.16. The Kier molecular flexibility index (Phi) is 9.59. The minimum atomic E-state index is -4.96. The maximum absolute atomic E-state index is 13.6. The number of hydrogen-bond donors (Lipinski definition) is 2. The average molecular weight is 599 g/mol. The largest absolute Gasteiger partial charge is 0.444 e. The Bertz CT molecular complexity index is 1380. The number of nitrogens with one attached hydrogen (secondary N) is 1.